The van der Waals surface area contributed by atoms with Crippen molar-refractivity contribution in [1.29, 1.82) is 0 Å². The van der Waals surface area contributed by atoms with Crippen molar-refractivity contribution in [2.45, 2.75) is 143 Å². The van der Waals surface area contributed by atoms with Gasteiger partial charge in [-0.25, -0.2) is 0 Å². The molecule has 0 radical (unpaired) electrons. The maximum absolute atomic E-state index is 12.9. The number of carboxylic acids is 1. The SMILES string of the molecule is CC(=O)N(CC(=O)O)CC1C[C@@H](C)[C@H]2C(O1)[C@H](O)[C@@]1(C)C3CC[C@H]4C(C)(C)[C@@H](O[C@H]5CN(C(=O)CC6CC6)CCO5)CC[C@@]45CC35CC[C@]21C. The molecule has 0 aromatic carbocycles. The van der Waals surface area contributed by atoms with Crippen LogP contribution in [0.25, 0.3) is 0 Å². The molecule has 8 fully saturated rings. The molecule has 2 N–H and O–H groups in total. The second kappa shape index (κ2) is 11.9. The van der Waals surface area contributed by atoms with E-state index < -0.39 is 12.1 Å². The van der Waals surface area contributed by atoms with Crippen molar-refractivity contribution in [3.63, 3.8) is 0 Å². The molecule has 2 aliphatic heterocycles. The minimum absolute atomic E-state index is 0.0241. The van der Waals surface area contributed by atoms with E-state index in [0.29, 0.717) is 49.8 Å². The van der Waals surface area contributed by atoms with Crippen molar-refractivity contribution in [2.75, 3.05) is 32.8 Å². The third kappa shape index (κ3) is 5.03. The van der Waals surface area contributed by atoms with Crippen LogP contribution >= 0.6 is 0 Å². The number of hydrogen-bond donors (Lipinski definition) is 2. The molecule has 6 aliphatic carbocycles. The average Bonchev–Trinajstić information content (AvgIpc) is 3.97. The molecule has 6 saturated carbocycles. The van der Waals surface area contributed by atoms with Crippen LogP contribution in [-0.4, -0.2) is 101 Å². The highest BCUT2D eigenvalue weighted by Crippen LogP contribution is 2.89. The summed E-state index contributed by atoms with van der Waals surface area (Å²) in [5.74, 6) is 1.02. The summed E-state index contributed by atoms with van der Waals surface area (Å²) < 4.78 is 19.7. The minimum atomic E-state index is -1.03. The van der Waals surface area contributed by atoms with E-state index in [-0.39, 0.29) is 82.5 Å². The van der Waals surface area contributed by atoms with E-state index in [0.717, 1.165) is 38.5 Å². The predicted octanol–water partition coefficient (Wildman–Crippen LogP) is 5.10. The molecule has 8 aliphatic rings. The number of aliphatic hydroxyl groups is 1. The Bertz CT molecular complexity index is 1400. The average molecular weight is 699 g/mol. The third-order valence-corrected chi connectivity index (χ3v) is 16.9. The second-order valence-corrected chi connectivity index (χ2v) is 19.3. The lowest BCUT2D eigenvalue weighted by Crippen LogP contribution is -2.60. The van der Waals surface area contributed by atoms with E-state index in [1.165, 1.54) is 37.5 Å². The van der Waals surface area contributed by atoms with Gasteiger partial charge in [-0.1, -0.05) is 34.6 Å². The highest BCUT2D eigenvalue weighted by atomic mass is 16.7. The number of morpholine rings is 1. The molecule has 2 heterocycles. The summed E-state index contributed by atoms with van der Waals surface area (Å²) in [6, 6.07) is 0. The van der Waals surface area contributed by atoms with Crippen LogP contribution in [0.1, 0.15) is 112 Å². The Labute approximate surface area is 298 Å². The maximum atomic E-state index is 12.9. The molecule has 0 aromatic rings. The van der Waals surface area contributed by atoms with Gasteiger partial charge in [0.1, 0.15) is 6.54 Å². The van der Waals surface area contributed by atoms with Crippen LogP contribution in [-0.2, 0) is 28.6 Å². The minimum Gasteiger partial charge on any atom is -0.480 e. The van der Waals surface area contributed by atoms with Crippen LogP contribution < -0.4 is 0 Å². The molecule has 50 heavy (non-hydrogen) atoms. The van der Waals surface area contributed by atoms with Crippen molar-refractivity contribution < 1.29 is 38.8 Å². The molecular formula is C40H62N2O8. The van der Waals surface area contributed by atoms with Crippen molar-refractivity contribution >= 4 is 17.8 Å². The van der Waals surface area contributed by atoms with Crippen LogP contribution in [0, 0.1) is 56.7 Å². The first kappa shape index (κ1) is 35.3. The quantitative estimate of drug-likeness (QED) is 0.359. The van der Waals surface area contributed by atoms with Gasteiger partial charge >= 0.3 is 5.97 Å². The lowest BCUT2D eigenvalue weighted by atomic mass is 9.41. The van der Waals surface area contributed by atoms with Gasteiger partial charge in [0.05, 0.1) is 37.6 Å². The standard InChI is InChI=1S/C40H62N2O8/c1-23-17-26(19-42(24(2)43)20-31(45)46)49-34-33(23)37(5)13-14-40-22-39(40)12-11-29(36(3,4)27(39)9-10-28(40)38(37,6)35(34)47)50-32-21-41(15-16-48-32)30(44)18-25-7-8-25/h23,25-29,32-35,47H,7-22H2,1-6H3,(H,45,46)/t23-,26?,27+,28?,29+,32+,33+,34?,35+,37-,38-,39-,40?/m1/s1. The summed E-state index contributed by atoms with van der Waals surface area (Å²) in [7, 11) is 0. The number of carbonyl (C=O) groups excluding carboxylic acids is 2. The Kier molecular flexibility index (Phi) is 8.38. The van der Waals surface area contributed by atoms with Gasteiger partial charge in [-0.3, -0.25) is 14.4 Å². The highest BCUT2D eigenvalue weighted by Gasteiger charge is 2.84. The fourth-order valence-corrected chi connectivity index (χ4v) is 14.3. The van der Waals surface area contributed by atoms with E-state index in [1.807, 2.05) is 4.90 Å². The zero-order chi connectivity index (χ0) is 35.6. The van der Waals surface area contributed by atoms with Crippen LogP contribution in [0.4, 0.5) is 0 Å². The Morgan fingerprint density at radius 3 is 2.40 bits per heavy atom. The number of carbonyl (C=O) groups is 3. The number of hydrogen-bond acceptors (Lipinski definition) is 7. The van der Waals surface area contributed by atoms with Crippen molar-refractivity contribution in [3.05, 3.63) is 0 Å². The van der Waals surface area contributed by atoms with Crippen molar-refractivity contribution in [3.8, 4) is 0 Å². The number of amides is 2. The smallest absolute Gasteiger partial charge is 0.323 e. The monoisotopic (exact) mass is 698 g/mol. The Balaban J connectivity index is 0.987. The number of ether oxygens (including phenoxy) is 3. The topological polar surface area (TPSA) is 126 Å². The Hall–Kier alpha value is -1.75. The summed E-state index contributed by atoms with van der Waals surface area (Å²) >= 11 is 0. The van der Waals surface area contributed by atoms with E-state index in [1.54, 1.807) is 0 Å². The van der Waals surface area contributed by atoms with Gasteiger partial charge in [-0.05, 0) is 115 Å². The fourth-order valence-electron chi connectivity index (χ4n) is 14.3. The normalized spacial score (nSPS) is 48.7. The van der Waals surface area contributed by atoms with Gasteiger partial charge in [0, 0.05) is 31.8 Å². The predicted molar refractivity (Wildman–Crippen MR) is 185 cm³/mol. The van der Waals surface area contributed by atoms with Crippen LogP contribution in [0.15, 0.2) is 0 Å². The molecule has 4 unspecified atom stereocenters. The molecule has 8 rings (SSSR count). The fraction of sp³-hybridized carbons (Fsp3) is 0.925. The molecule has 10 nitrogen and oxygen atoms in total. The van der Waals surface area contributed by atoms with E-state index in [4.69, 9.17) is 14.2 Å². The zero-order valence-corrected chi connectivity index (χ0v) is 31.3. The first-order chi connectivity index (χ1) is 23.6. The molecule has 2 saturated heterocycles. The van der Waals surface area contributed by atoms with Gasteiger partial charge in [-0.2, -0.15) is 0 Å². The number of carboxylic acid groups (broad SMARTS) is 1. The highest BCUT2D eigenvalue weighted by molar-refractivity contribution is 5.79. The van der Waals surface area contributed by atoms with Gasteiger partial charge in [-0.15, -0.1) is 0 Å². The lowest BCUT2D eigenvalue weighted by Gasteiger charge is -2.64. The van der Waals surface area contributed by atoms with Gasteiger partial charge < -0.3 is 34.2 Å². The van der Waals surface area contributed by atoms with E-state index >= 15 is 0 Å². The number of nitrogens with zero attached hydrogens (tertiary/aromatic N) is 2. The molecule has 2 spiro atoms. The van der Waals surface area contributed by atoms with Crippen LogP contribution in [0.3, 0.4) is 0 Å². The van der Waals surface area contributed by atoms with Crippen LogP contribution in [0.2, 0.25) is 0 Å². The number of rotatable bonds is 8. The number of aliphatic hydroxyl groups excluding tert-OH is 1. The van der Waals surface area contributed by atoms with Crippen molar-refractivity contribution in [1.82, 2.24) is 9.80 Å². The maximum Gasteiger partial charge on any atom is 0.323 e. The first-order valence-electron chi connectivity index (χ1n) is 19.9. The Morgan fingerprint density at radius 1 is 0.980 bits per heavy atom. The summed E-state index contributed by atoms with van der Waals surface area (Å²) in [6.45, 7) is 15.0. The molecule has 10 heteroatoms. The van der Waals surface area contributed by atoms with Gasteiger partial charge in [0.15, 0.2) is 6.29 Å². The van der Waals surface area contributed by atoms with E-state index in [2.05, 4.69) is 34.6 Å². The van der Waals surface area contributed by atoms with Gasteiger partial charge in [0.2, 0.25) is 11.8 Å². The van der Waals surface area contributed by atoms with Crippen molar-refractivity contribution in [2.24, 2.45) is 56.7 Å². The molecular weight excluding hydrogens is 636 g/mol. The second-order valence-electron chi connectivity index (χ2n) is 19.3. The van der Waals surface area contributed by atoms with E-state index in [9.17, 15) is 24.6 Å². The molecule has 13 atom stereocenters. The largest absolute Gasteiger partial charge is 0.480 e. The zero-order valence-electron chi connectivity index (χ0n) is 31.3. The summed E-state index contributed by atoms with van der Waals surface area (Å²) in [5.41, 5.74) is 0.119. The molecule has 0 aromatic heterocycles. The molecule has 0 bridgehead atoms. The first-order valence-corrected chi connectivity index (χ1v) is 19.9. The molecule has 2 amide bonds. The summed E-state index contributed by atoms with van der Waals surface area (Å²) in [4.78, 5) is 40.0. The number of fused-ring (bicyclic) bond motifs is 4. The van der Waals surface area contributed by atoms with Gasteiger partial charge in [0.25, 0.3) is 0 Å². The Morgan fingerprint density at radius 2 is 1.70 bits per heavy atom. The van der Waals surface area contributed by atoms with Crippen LogP contribution in [0.5, 0.6) is 0 Å². The lowest BCUT2D eigenvalue weighted by molar-refractivity contribution is -0.248. The summed E-state index contributed by atoms with van der Waals surface area (Å²) in [6.07, 6.45) is 10.2. The number of aliphatic carboxylic acids is 1. The molecule has 280 valence electrons. The third-order valence-electron chi connectivity index (χ3n) is 16.9. The summed E-state index contributed by atoms with van der Waals surface area (Å²) in [5, 5.41) is 21.9.